The van der Waals surface area contributed by atoms with Crippen molar-refractivity contribution in [2.75, 3.05) is 31.5 Å². The zero-order valence-electron chi connectivity index (χ0n) is 26.8. The van der Waals surface area contributed by atoms with Crippen LogP contribution in [-0.2, 0) is 16.1 Å². The van der Waals surface area contributed by atoms with Crippen LogP contribution in [0.2, 0.25) is 0 Å². The van der Waals surface area contributed by atoms with Crippen LogP contribution in [0.3, 0.4) is 0 Å². The maximum atomic E-state index is 13.5. The second kappa shape index (κ2) is 14.9. The molecular formula is C34H45N7O4. The molecule has 0 aromatic carbocycles. The van der Waals surface area contributed by atoms with Crippen molar-refractivity contribution in [3.05, 3.63) is 51.6 Å². The number of piperazine rings is 1. The van der Waals surface area contributed by atoms with Crippen molar-refractivity contribution in [1.82, 2.24) is 29.3 Å². The van der Waals surface area contributed by atoms with Crippen molar-refractivity contribution in [2.45, 2.75) is 97.6 Å². The monoisotopic (exact) mass is 615 g/mol. The molecule has 0 bridgehead atoms. The fourth-order valence-electron chi connectivity index (χ4n) is 6.54. The van der Waals surface area contributed by atoms with E-state index in [-0.39, 0.29) is 28.9 Å². The first-order chi connectivity index (χ1) is 21.7. The van der Waals surface area contributed by atoms with Crippen molar-refractivity contribution in [3.63, 3.8) is 0 Å². The van der Waals surface area contributed by atoms with Gasteiger partial charge in [0.2, 0.25) is 11.9 Å². The average molecular weight is 616 g/mol. The molecule has 3 aromatic rings. The Balaban J connectivity index is 1.18. The second-order valence-electron chi connectivity index (χ2n) is 12.4. The Hall–Kier alpha value is -3.99. The summed E-state index contributed by atoms with van der Waals surface area (Å²) in [5, 5.41) is 3.86. The number of unbranched alkanes of at least 4 members (excludes halogenated alkanes) is 3. The smallest absolute Gasteiger partial charge is 0.263 e. The normalized spacial score (nSPS) is 16.1. The Morgan fingerprint density at radius 3 is 2.47 bits per heavy atom. The summed E-state index contributed by atoms with van der Waals surface area (Å²) >= 11 is 0. The molecule has 5 rings (SSSR count). The minimum Gasteiger partial charge on any atom is -0.336 e. The summed E-state index contributed by atoms with van der Waals surface area (Å²) < 4.78 is 1.70. The van der Waals surface area contributed by atoms with E-state index in [1.54, 1.807) is 23.9 Å². The van der Waals surface area contributed by atoms with E-state index in [1.807, 2.05) is 24.0 Å². The molecule has 3 aromatic heterocycles. The largest absolute Gasteiger partial charge is 0.336 e. The number of fused-ring (bicyclic) bond motifs is 1. The molecule has 0 atom stereocenters. The van der Waals surface area contributed by atoms with Gasteiger partial charge in [-0.25, -0.2) is 9.97 Å². The minimum atomic E-state index is -0.279. The molecular weight excluding hydrogens is 570 g/mol. The molecule has 2 fully saturated rings. The summed E-state index contributed by atoms with van der Waals surface area (Å²) in [6.45, 7) is 8.50. The predicted octanol–water partition coefficient (Wildman–Crippen LogP) is 5.13. The van der Waals surface area contributed by atoms with Crippen LogP contribution in [0.15, 0.2) is 29.3 Å². The van der Waals surface area contributed by atoms with Crippen LogP contribution in [0.1, 0.15) is 106 Å². The van der Waals surface area contributed by atoms with Gasteiger partial charge >= 0.3 is 0 Å². The molecule has 1 amide bonds. The van der Waals surface area contributed by atoms with E-state index in [0.29, 0.717) is 66.6 Å². The van der Waals surface area contributed by atoms with E-state index in [0.717, 1.165) is 70.0 Å². The Bertz CT molecular complexity index is 1590. The first-order valence-electron chi connectivity index (χ1n) is 16.4. The number of pyridine rings is 2. The van der Waals surface area contributed by atoms with Crippen molar-refractivity contribution >= 4 is 40.3 Å². The minimum absolute atomic E-state index is 0.0109. The number of carbonyl (C=O) groups excluding carboxylic acids is 3. The molecule has 4 heterocycles. The van der Waals surface area contributed by atoms with Gasteiger partial charge in [0.15, 0.2) is 5.78 Å². The molecule has 1 aliphatic heterocycles. The zero-order chi connectivity index (χ0) is 31.9. The Labute approximate surface area is 264 Å². The molecule has 0 radical (unpaired) electrons. The van der Waals surface area contributed by atoms with Crippen LogP contribution in [-0.4, -0.2) is 73.0 Å². The molecule has 1 saturated heterocycles. The molecule has 45 heavy (non-hydrogen) atoms. The van der Waals surface area contributed by atoms with E-state index in [2.05, 4.69) is 20.2 Å². The molecule has 1 saturated carbocycles. The number of hydrogen-bond acceptors (Lipinski definition) is 9. The van der Waals surface area contributed by atoms with Gasteiger partial charge in [0, 0.05) is 56.3 Å². The van der Waals surface area contributed by atoms with Crippen LogP contribution >= 0.6 is 0 Å². The standard InChI is InChI=1S/C34H45N7O4/c1-4-27(43)13-7-5-6-10-16-39-17-18-40(30(44)22-39)21-25-14-15-29(35-19-25)37-34-36-20-28-23(2)31(24(3)42)33(45)41(32(28)38-34)26-11-8-9-12-26/h14-15,19-20,26H,4-13,16-18,21-22H2,1-3H3,(H,35,36,37,38). The van der Waals surface area contributed by atoms with Gasteiger partial charge in [-0.3, -0.25) is 28.6 Å². The molecule has 1 N–H and O–H groups in total. The third kappa shape index (κ3) is 7.81. The first-order valence-corrected chi connectivity index (χ1v) is 16.4. The van der Waals surface area contributed by atoms with Gasteiger partial charge in [-0.15, -0.1) is 0 Å². The Kier molecular flexibility index (Phi) is 10.7. The lowest BCUT2D eigenvalue weighted by molar-refractivity contribution is -0.136. The van der Waals surface area contributed by atoms with E-state index in [4.69, 9.17) is 4.98 Å². The van der Waals surface area contributed by atoms with Crippen LogP contribution in [0.25, 0.3) is 11.0 Å². The molecule has 11 nitrogen and oxygen atoms in total. The molecule has 11 heteroatoms. The molecule has 1 aliphatic carbocycles. The molecule has 240 valence electrons. The van der Waals surface area contributed by atoms with E-state index in [9.17, 15) is 19.2 Å². The van der Waals surface area contributed by atoms with E-state index in [1.165, 1.54) is 6.92 Å². The lowest BCUT2D eigenvalue weighted by Crippen LogP contribution is -2.50. The number of hydrogen-bond donors (Lipinski definition) is 1. The lowest BCUT2D eigenvalue weighted by atomic mass is 10.0. The highest BCUT2D eigenvalue weighted by Gasteiger charge is 2.26. The van der Waals surface area contributed by atoms with Gasteiger partial charge in [-0.05, 0) is 63.3 Å². The molecule has 0 spiro atoms. The maximum absolute atomic E-state index is 13.5. The zero-order valence-corrected chi connectivity index (χ0v) is 26.8. The summed E-state index contributed by atoms with van der Waals surface area (Å²) in [6.07, 6.45) is 12.7. The SMILES string of the molecule is CCC(=O)CCCCCCN1CCN(Cc2ccc(Nc3ncc4c(C)c(C(C)=O)c(=O)n(C5CCCC5)c4n3)nc2)C(=O)C1. The maximum Gasteiger partial charge on any atom is 0.263 e. The number of nitrogens with one attached hydrogen (secondary N) is 1. The number of anilines is 2. The number of Topliss-reactive ketones (excluding diaryl/α,β-unsaturated/α-hetero) is 2. The van der Waals surface area contributed by atoms with E-state index >= 15 is 0 Å². The highest BCUT2D eigenvalue weighted by atomic mass is 16.2. The summed E-state index contributed by atoms with van der Waals surface area (Å²) in [7, 11) is 0. The van der Waals surface area contributed by atoms with E-state index < -0.39 is 0 Å². The second-order valence-corrected chi connectivity index (χ2v) is 12.4. The van der Waals surface area contributed by atoms with Gasteiger partial charge in [-0.2, -0.15) is 4.98 Å². The van der Waals surface area contributed by atoms with Crippen molar-refractivity contribution in [1.29, 1.82) is 0 Å². The third-order valence-corrected chi connectivity index (χ3v) is 9.16. The number of aromatic nitrogens is 4. The quantitative estimate of drug-likeness (QED) is 0.194. The van der Waals surface area contributed by atoms with Gasteiger partial charge in [0.05, 0.1) is 12.1 Å². The predicted molar refractivity (Wildman–Crippen MR) is 174 cm³/mol. The fourth-order valence-corrected chi connectivity index (χ4v) is 6.54. The number of ketones is 2. The number of rotatable bonds is 14. The summed E-state index contributed by atoms with van der Waals surface area (Å²) in [5.74, 6) is 1.10. The lowest BCUT2D eigenvalue weighted by Gasteiger charge is -2.34. The number of aryl methyl sites for hydroxylation is 1. The summed E-state index contributed by atoms with van der Waals surface area (Å²) in [6, 6.07) is 3.79. The number of carbonyl (C=O) groups is 3. The van der Waals surface area contributed by atoms with Crippen molar-refractivity contribution in [2.24, 2.45) is 0 Å². The number of nitrogens with zero attached hydrogens (tertiary/aromatic N) is 6. The van der Waals surface area contributed by atoms with Crippen LogP contribution in [0, 0.1) is 6.92 Å². The van der Waals surface area contributed by atoms with Crippen molar-refractivity contribution in [3.8, 4) is 0 Å². The summed E-state index contributed by atoms with van der Waals surface area (Å²) in [5.41, 5.74) is 2.01. The summed E-state index contributed by atoms with van der Waals surface area (Å²) in [4.78, 5) is 68.0. The van der Waals surface area contributed by atoms with Crippen LogP contribution < -0.4 is 10.9 Å². The highest BCUT2D eigenvalue weighted by molar-refractivity contribution is 5.99. The third-order valence-electron chi connectivity index (χ3n) is 9.16. The van der Waals surface area contributed by atoms with Crippen LogP contribution in [0.5, 0.6) is 0 Å². The molecule has 2 aliphatic rings. The van der Waals surface area contributed by atoms with Gasteiger partial charge in [-0.1, -0.05) is 38.7 Å². The van der Waals surface area contributed by atoms with Gasteiger partial charge in [0.1, 0.15) is 17.2 Å². The first kappa shape index (κ1) is 32.4. The van der Waals surface area contributed by atoms with Gasteiger partial charge < -0.3 is 10.2 Å². The Morgan fingerprint density at radius 2 is 1.78 bits per heavy atom. The Morgan fingerprint density at radius 1 is 1.00 bits per heavy atom. The average Bonchev–Trinajstić information content (AvgIpc) is 3.55. The van der Waals surface area contributed by atoms with Crippen LogP contribution in [0.4, 0.5) is 11.8 Å². The topological polar surface area (TPSA) is 130 Å². The van der Waals surface area contributed by atoms with Gasteiger partial charge in [0.25, 0.3) is 5.56 Å². The number of amides is 1. The molecule has 0 unspecified atom stereocenters. The highest BCUT2D eigenvalue weighted by Crippen LogP contribution is 2.32. The fraction of sp³-hybridized carbons (Fsp3) is 0.559. The van der Waals surface area contributed by atoms with Crippen molar-refractivity contribution < 1.29 is 14.4 Å².